The van der Waals surface area contributed by atoms with E-state index in [-0.39, 0.29) is 0 Å². The highest BCUT2D eigenvalue weighted by atomic mass is 16.5. The van der Waals surface area contributed by atoms with Crippen LogP contribution in [0.15, 0.2) is 24.3 Å². The zero-order valence-electron chi connectivity index (χ0n) is 12.9. The number of para-hydroxylation sites is 1. The zero-order chi connectivity index (χ0) is 14.2. The van der Waals surface area contributed by atoms with Gasteiger partial charge < -0.3 is 15.0 Å². The number of hydrogen-bond donors (Lipinski definition) is 1. The summed E-state index contributed by atoms with van der Waals surface area (Å²) in [6, 6.07) is 9.09. The molecule has 1 saturated heterocycles. The van der Waals surface area contributed by atoms with Gasteiger partial charge in [0.1, 0.15) is 5.75 Å². The van der Waals surface area contributed by atoms with Gasteiger partial charge in [0.15, 0.2) is 0 Å². The monoisotopic (exact) mass is 276 g/mol. The maximum absolute atomic E-state index is 5.42. The second-order valence-electron chi connectivity index (χ2n) is 5.63. The molecule has 0 atom stereocenters. The molecule has 0 spiro atoms. The van der Waals surface area contributed by atoms with Crippen molar-refractivity contribution < 1.29 is 4.74 Å². The van der Waals surface area contributed by atoms with Crippen molar-refractivity contribution in [2.75, 3.05) is 33.3 Å². The molecule has 1 aromatic carbocycles. The van der Waals surface area contributed by atoms with Crippen LogP contribution in [0.25, 0.3) is 0 Å². The summed E-state index contributed by atoms with van der Waals surface area (Å²) in [7, 11) is 1.75. The van der Waals surface area contributed by atoms with Gasteiger partial charge in [-0.25, -0.2) is 0 Å². The fourth-order valence-corrected chi connectivity index (χ4v) is 2.90. The van der Waals surface area contributed by atoms with Crippen LogP contribution in [-0.2, 0) is 6.42 Å². The normalized spacial score (nSPS) is 17.3. The van der Waals surface area contributed by atoms with Crippen molar-refractivity contribution in [2.24, 2.45) is 0 Å². The van der Waals surface area contributed by atoms with Gasteiger partial charge in [0.25, 0.3) is 0 Å². The molecule has 0 radical (unpaired) electrons. The smallest absolute Gasteiger partial charge is 0.122 e. The Kier molecular flexibility index (Phi) is 6.34. The van der Waals surface area contributed by atoms with Crippen molar-refractivity contribution >= 4 is 0 Å². The predicted molar refractivity (Wildman–Crippen MR) is 84.5 cm³/mol. The van der Waals surface area contributed by atoms with Crippen LogP contribution in [0.3, 0.4) is 0 Å². The van der Waals surface area contributed by atoms with E-state index in [1.165, 1.54) is 37.9 Å². The summed E-state index contributed by atoms with van der Waals surface area (Å²) in [6.07, 6.45) is 4.88. The van der Waals surface area contributed by atoms with Gasteiger partial charge in [-0.05, 0) is 56.9 Å². The Bertz CT molecular complexity index is 386. The third kappa shape index (κ3) is 4.50. The molecule has 0 aromatic heterocycles. The Morgan fingerprint density at radius 3 is 2.70 bits per heavy atom. The van der Waals surface area contributed by atoms with Crippen molar-refractivity contribution in [1.29, 1.82) is 0 Å². The molecule has 0 aliphatic carbocycles. The first-order valence-corrected chi connectivity index (χ1v) is 7.91. The van der Waals surface area contributed by atoms with Crippen molar-refractivity contribution in [3.05, 3.63) is 29.8 Å². The number of methoxy groups -OCH3 is 1. The van der Waals surface area contributed by atoms with Crippen molar-refractivity contribution in [2.45, 2.75) is 38.6 Å². The molecule has 0 bridgehead atoms. The Labute approximate surface area is 123 Å². The zero-order valence-corrected chi connectivity index (χ0v) is 12.9. The summed E-state index contributed by atoms with van der Waals surface area (Å²) in [6.45, 7) is 6.97. The van der Waals surface area contributed by atoms with E-state index in [1.54, 1.807) is 7.11 Å². The van der Waals surface area contributed by atoms with Gasteiger partial charge in [0.05, 0.1) is 7.11 Å². The highest BCUT2D eigenvalue weighted by molar-refractivity contribution is 5.33. The molecule has 20 heavy (non-hydrogen) atoms. The molecule has 1 fully saturated rings. The molecular weight excluding hydrogens is 248 g/mol. The summed E-state index contributed by atoms with van der Waals surface area (Å²) in [5.41, 5.74) is 1.32. The lowest BCUT2D eigenvalue weighted by Gasteiger charge is -2.32. The Hall–Kier alpha value is -1.06. The minimum Gasteiger partial charge on any atom is -0.496 e. The van der Waals surface area contributed by atoms with E-state index >= 15 is 0 Å². The van der Waals surface area contributed by atoms with Gasteiger partial charge in [-0.3, -0.25) is 0 Å². The van der Waals surface area contributed by atoms with Crippen LogP contribution in [0, 0.1) is 0 Å². The number of nitrogens with one attached hydrogen (secondary N) is 1. The van der Waals surface area contributed by atoms with Crippen LogP contribution in [0.2, 0.25) is 0 Å². The fraction of sp³-hybridized carbons (Fsp3) is 0.647. The summed E-state index contributed by atoms with van der Waals surface area (Å²) >= 11 is 0. The molecule has 0 saturated carbocycles. The standard InChI is InChI=1S/C17H28N2O/c1-3-11-18-16-9-13-19(14-10-16)12-8-15-6-4-5-7-17(15)20-2/h4-7,16,18H,3,8-14H2,1-2H3. The molecule has 1 aliphatic rings. The van der Waals surface area contributed by atoms with Gasteiger partial charge in [0.2, 0.25) is 0 Å². The lowest BCUT2D eigenvalue weighted by molar-refractivity contribution is 0.199. The highest BCUT2D eigenvalue weighted by Crippen LogP contribution is 2.19. The molecular formula is C17H28N2O. The Morgan fingerprint density at radius 1 is 1.25 bits per heavy atom. The lowest BCUT2D eigenvalue weighted by atomic mass is 10.0. The number of hydrogen-bond acceptors (Lipinski definition) is 3. The number of benzene rings is 1. The van der Waals surface area contributed by atoms with Crippen LogP contribution in [0.1, 0.15) is 31.7 Å². The fourth-order valence-electron chi connectivity index (χ4n) is 2.90. The van der Waals surface area contributed by atoms with Crippen LogP contribution < -0.4 is 10.1 Å². The molecule has 3 heteroatoms. The highest BCUT2D eigenvalue weighted by Gasteiger charge is 2.18. The largest absolute Gasteiger partial charge is 0.496 e. The maximum atomic E-state index is 5.42. The first kappa shape index (κ1) is 15.3. The quantitative estimate of drug-likeness (QED) is 0.828. The lowest BCUT2D eigenvalue weighted by Crippen LogP contribution is -2.43. The number of ether oxygens (including phenoxy) is 1. The first-order chi connectivity index (χ1) is 9.83. The summed E-state index contributed by atoms with van der Waals surface area (Å²) < 4.78 is 5.42. The Morgan fingerprint density at radius 2 is 2.00 bits per heavy atom. The number of likely N-dealkylation sites (tertiary alicyclic amines) is 1. The molecule has 2 rings (SSSR count). The van der Waals surface area contributed by atoms with Crippen LogP contribution in [0.5, 0.6) is 5.75 Å². The summed E-state index contributed by atoms with van der Waals surface area (Å²) in [5.74, 6) is 1.02. The molecule has 1 N–H and O–H groups in total. The average Bonchev–Trinajstić information content (AvgIpc) is 2.52. The molecule has 112 valence electrons. The molecule has 1 aromatic rings. The predicted octanol–water partition coefficient (Wildman–Crippen LogP) is 2.70. The molecule has 0 unspecified atom stereocenters. The summed E-state index contributed by atoms with van der Waals surface area (Å²) in [5, 5.41) is 3.64. The third-order valence-corrected chi connectivity index (χ3v) is 4.16. The van der Waals surface area contributed by atoms with E-state index in [2.05, 4.69) is 35.3 Å². The van der Waals surface area contributed by atoms with Crippen LogP contribution >= 0.6 is 0 Å². The average molecular weight is 276 g/mol. The first-order valence-electron chi connectivity index (χ1n) is 7.91. The van der Waals surface area contributed by atoms with Crippen LogP contribution in [0.4, 0.5) is 0 Å². The van der Waals surface area contributed by atoms with E-state index in [0.717, 1.165) is 31.3 Å². The topological polar surface area (TPSA) is 24.5 Å². The van der Waals surface area contributed by atoms with E-state index in [9.17, 15) is 0 Å². The number of rotatable bonds is 7. The van der Waals surface area contributed by atoms with Gasteiger partial charge in [-0.1, -0.05) is 25.1 Å². The minimum absolute atomic E-state index is 0.734. The molecule has 3 nitrogen and oxygen atoms in total. The molecule has 0 amide bonds. The number of nitrogens with zero attached hydrogens (tertiary/aromatic N) is 1. The second-order valence-corrected chi connectivity index (χ2v) is 5.63. The molecule has 1 heterocycles. The van der Waals surface area contributed by atoms with Crippen molar-refractivity contribution in [1.82, 2.24) is 10.2 Å². The third-order valence-electron chi connectivity index (χ3n) is 4.16. The van der Waals surface area contributed by atoms with E-state index in [1.807, 2.05) is 6.07 Å². The van der Waals surface area contributed by atoms with Crippen LogP contribution in [-0.4, -0.2) is 44.2 Å². The maximum Gasteiger partial charge on any atom is 0.122 e. The van der Waals surface area contributed by atoms with Crippen molar-refractivity contribution in [3.63, 3.8) is 0 Å². The van der Waals surface area contributed by atoms with Gasteiger partial charge in [-0.2, -0.15) is 0 Å². The molecule has 1 aliphatic heterocycles. The van der Waals surface area contributed by atoms with Gasteiger partial charge >= 0.3 is 0 Å². The van der Waals surface area contributed by atoms with Crippen molar-refractivity contribution in [3.8, 4) is 5.75 Å². The second kappa shape index (κ2) is 8.28. The van der Waals surface area contributed by atoms with E-state index in [4.69, 9.17) is 4.74 Å². The number of piperidine rings is 1. The SMILES string of the molecule is CCCNC1CCN(CCc2ccccc2OC)CC1. The summed E-state index contributed by atoms with van der Waals surface area (Å²) in [4.78, 5) is 2.58. The van der Waals surface area contributed by atoms with E-state index in [0.29, 0.717) is 0 Å². The van der Waals surface area contributed by atoms with E-state index < -0.39 is 0 Å². The van der Waals surface area contributed by atoms with Gasteiger partial charge in [0, 0.05) is 12.6 Å². The minimum atomic E-state index is 0.734. The van der Waals surface area contributed by atoms with Gasteiger partial charge in [-0.15, -0.1) is 0 Å². The Balaban J connectivity index is 1.73.